The van der Waals surface area contributed by atoms with Crippen molar-refractivity contribution >= 4 is 11.2 Å². The summed E-state index contributed by atoms with van der Waals surface area (Å²) in [5.74, 6) is 0.888. The Bertz CT molecular complexity index is 484. The summed E-state index contributed by atoms with van der Waals surface area (Å²) >= 11 is 0. The van der Waals surface area contributed by atoms with Crippen LogP contribution in [-0.2, 0) is 12.6 Å². The van der Waals surface area contributed by atoms with Gasteiger partial charge in [-0.15, -0.1) is 0 Å². The van der Waals surface area contributed by atoms with Gasteiger partial charge in [0.1, 0.15) is 11.3 Å². The summed E-state index contributed by atoms with van der Waals surface area (Å²) in [6, 6.07) is 3.84. The Labute approximate surface area is 89.1 Å². The van der Waals surface area contributed by atoms with Gasteiger partial charge in [-0.3, -0.25) is 0 Å². The van der Waals surface area contributed by atoms with Crippen LogP contribution in [0.5, 0.6) is 0 Å². The minimum atomic E-state index is -0.393. The highest BCUT2D eigenvalue weighted by Crippen LogP contribution is 2.23. The second-order valence-corrected chi connectivity index (χ2v) is 4.11. The zero-order valence-corrected chi connectivity index (χ0v) is 9.36. The molecule has 2 rings (SSSR count). The van der Waals surface area contributed by atoms with E-state index in [1.807, 2.05) is 30.7 Å². The first kappa shape index (κ1) is 10.1. The van der Waals surface area contributed by atoms with Crippen molar-refractivity contribution in [2.75, 3.05) is 0 Å². The molecule has 1 atom stereocenters. The summed E-state index contributed by atoms with van der Waals surface area (Å²) in [5.41, 5.74) is 7.59. The van der Waals surface area contributed by atoms with Gasteiger partial charge in [0.15, 0.2) is 5.65 Å². The largest absolute Gasteiger partial charge is 0.319 e. The molecule has 0 aliphatic carbocycles. The molecule has 0 saturated heterocycles. The van der Waals surface area contributed by atoms with E-state index >= 15 is 0 Å². The number of rotatable bonds is 2. The lowest BCUT2D eigenvalue weighted by atomic mass is 10.00. The Balaban J connectivity index is 2.68. The van der Waals surface area contributed by atoms with Crippen LogP contribution in [-0.4, -0.2) is 14.5 Å². The minimum Gasteiger partial charge on any atom is -0.319 e. The van der Waals surface area contributed by atoms with Gasteiger partial charge >= 0.3 is 0 Å². The van der Waals surface area contributed by atoms with Gasteiger partial charge < -0.3 is 10.3 Å². The van der Waals surface area contributed by atoms with Gasteiger partial charge in [-0.25, -0.2) is 9.97 Å². The van der Waals surface area contributed by atoms with Crippen molar-refractivity contribution in [1.29, 1.82) is 0 Å². The number of fused-ring (bicyclic) bond motifs is 1. The van der Waals surface area contributed by atoms with Crippen molar-refractivity contribution in [3.8, 4) is 0 Å². The number of hydrogen-bond acceptors (Lipinski definition) is 3. The molecular weight excluding hydrogens is 188 g/mol. The molecule has 2 heterocycles. The quantitative estimate of drug-likeness (QED) is 0.807. The average molecular weight is 204 g/mol. The molecule has 1 unspecified atom stereocenters. The molecule has 0 saturated carbocycles. The van der Waals surface area contributed by atoms with E-state index in [4.69, 9.17) is 5.73 Å². The fraction of sp³-hybridized carbons (Fsp3) is 0.455. The Kier molecular flexibility index (Phi) is 2.23. The summed E-state index contributed by atoms with van der Waals surface area (Å²) in [6.45, 7) is 4.06. The lowest BCUT2D eigenvalue weighted by Gasteiger charge is -2.21. The van der Waals surface area contributed by atoms with Crippen molar-refractivity contribution in [2.45, 2.75) is 25.8 Å². The molecule has 15 heavy (non-hydrogen) atoms. The van der Waals surface area contributed by atoms with E-state index in [-0.39, 0.29) is 0 Å². The Morgan fingerprint density at radius 3 is 2.87 bits per heavy atom. The lowest BCUT2D eigenvalue weighted by Crippen LogP contribution is -2.35. The van der Waals surface area contributed by atoms with E-state index in [1.165, 1.54) is 0 Å². The smallest absolute Gasteiger partial charge is 0.159 e. The van der Waals surface area contributed by atoms with Crippen molar-refractivity contribution in [3.05, 3.63) is 24.2 Å². The third-order valence-electron chi connectivity index (χ3n) is 2.87. The number of nitrogens with zero attached hydrogens (tertiary/aromatic N) is 3. The summed E-state index contributed by atoms with van der Waals surface area (Å²) in [6.07, 6.45) is 2.62. The molecule has 0 bridgehead atoms. The van der Waals surface area contributed by atoms with E-state index in [0.717, 1.165) is 23.4 Å². The van der Waals surface area contributed by atoms with Gasteiger partial charge in [0.2, 0.25) is 0 Å². The zero-order chi connectivity index (χ0) is 11.1. The van der Waals surface area contributed by atoms with E-state index in [0.29, 0.717) is 0 Å². The van der Waals surface area contributed by atoms with E-state index in [2.05, 4.69) is 16.9 Å². The number of nitrogens with two attached hydrogens (primary N) is 1. The van der Waals surface area contributed by atoms with Gasteiger partial charge in [0.25, 0.3) is 0 Å². The van der Waals surface area contributed by atoms with Crippen LogP contribution in [0.4, 0.5) is 0 Å². The third kappa shape index (κ3) is 1.51. The van der Waals surface area contributed by atoms with Crippen LogP contribution in [0.15, 0.2) is 18.3 Å². The maximum atomic E-state index is 6.19. The molecule has 2 N–H and O–H groups in total. The number of imidazole rings is 1. The van der Waals surface area contributed by atoms with Crippen LogP contribution in [0.3, 0.4) is 0 Å². The molecule has 80 valence electrons. The highest BCUT2D eigenvalue weighted by Gasteiger charge is 2.25. The molecule has 2 aromatic heterocycles. The minimum absolute atomic E-state index is 0.393. The van der Waals surface area contributed by atoms with Gasteiger partial charge in [-0.2, -0.15) is 0 Å². The fourth-order valence-corrected chi connectivity index (χ4v) is 1.69. The van der Waals surface area contributed by atoms with E-state index in [1.54, 1.807) is 6.20 Å². The van der Waals surface area contributed by atoms with Crippen molar-refractivity contribution in [3.63, 3.8) is 0 Å². The summed E-state index contributed by atoms with van der Waals surface area (Å²) in [7, 11) is 1.96. The maximum absolute atomic E-state index is 6.19. The standard InChI is InChI=1S/C11H16N4/c1-4-11(2,12)10-14-8-6-5-7-13-9(8)15(10)3/h5-7H,4,12H2,1-3H3. The van der Waals surface area contributed by atoms with Crippen LogP contribution in [0.1, 0.15) is 26.1 Å². The molecule has 0 radical (unpaired) electrons. The molecule has 0 spiro atoms. The van der Waals surface area contributed by atoms with Crippen LogP contribution < -0.4 is 5.73 Å². The first-order valence-electron chi connectivity index (χ1n) is 5.13. The Morgan fingerprint density at radius 1 is 1.53 bits per heavy atom. The van der Waals surface area contributed by atoms with Gasteiger partial charge in [0.05, 0.1) is 5.54 Å². The number of aromatic nitrogens is 3. The molecule has 0 aliphatic heterocycles. The first-order chi connectivity index (χ1) is 7.06. The number of pyridine rings is 1. The second-order valence-electron chi connectivity index (χ2n) is 4.11. The maximum Gasteiger partial charge on any atom is 0.159 e. The molecule has 0 aromatic carbocycles. The molecule has 4 heteroatoms. The molecule has 0 amide bonds. The van der Waals surface area contributed by atoms with Crippen molar-refractivity contribution in [1.82, 2.24) is 14.5 Å². The average Bonchev–Trinajstić information content (AvgIpc) is 2.58. The number of aryl methyl sites for hydroxylation is 1. The van der Waals surface area contributed by atoms with Gasteiger partial charge in [-0.1, -0.05) is 6.92 Å². The fourth-order valence-electron chi connectivity index (χ4n) is 1.69. The van der Waals surface area contributed by atoms with Crippen LogP contribution in [0.25, 0.3) is 11.2 Å². The van der Waals surface area contributed by atoms with Gasteiger partial charge in [0, 0.05) is 13.2 Å². The Hall–Kier alpha value is -1.42. The highest BCUT2D eigenvalue weighted by molar-refractivity contribution is 5.71. The summed E-state index contributed by atoms with van der Waals surface area (Å²) < 4.78 is 1.97. The van der Waals surface area contributed by atoms with Crippen LogP contribution >= 0.6 is 0 Å². The molecule has 0 aliphatic rings. The normalized spacial score (nSPS) is 15.5. The molecular formula is C11H16N4. The van der Waals surface area contributed by atoms with Crippen molar-refractivity contribution < 1.29 is 0 Å². The van der Waals surface area contributed by atoms with Crippen LogP contribution in [0.2, 0.25) is 0 Å². The molecule has 0 fully saturated rings. The predicted molar refractivity (Wildman–Crippen MR) is 60.3 cm³/mol. The zero-order valence-electron chi connectivity index (χ0n) is 9.36. The van der Waals surface area contributed by atoms with E-state index < -0.39 is 5.54 Å². The Morgan fingerprint density at radius 2 is 2.27 bits per heavy atom. The van der Waals surface area contributed by atoms with Crippen molar-refractivity contribution in [2.24, 2.45) is 12.8 Å². The van der Waals surface area contributed by atoms with Gasteiger partial charge in [-0.05, 0) is 25.5 Å². The number of hydrogen-bond donors (Lipinski definition) is 1. The summed E-state index contributed by atoms with van der Waals surface area (Å²) in [4.78, 5) is 8.82. The monoisotopic (exact) mass is 204 g/mol. The second kappa shape index (κ2) is 3.31. The third-order valence-corrected chi connectivity index (χ3v) is 2.87. The predicted octanol–water partition coefficient (Wildman–Crippen LogP) is 1.55. The SMILES string of the molecule is CCC(C)(N)c1nc2cccnc2n1C. The van der Waals surface area contributed by atoms with Crippen LogP contribution in [0, 0.1) is 0 Å². The first-order valence-corrected chi connectivity index (χ1v) is 5.13. The van der Waals surface area contributed by atoms with E-state index in [9.17, 15) is 0 Å². The molecule has 4 nitrogen and oxygen atoms in total. The lowest BCUT2D eigenvalue weighted by molar-refractivity contribution is 0.433. The highest BCUT2D eigenvalue weighted by atomic mass is 15.1. The molecule has 2 aromatic rings. The topological polar surface area (TPSA) is 56.7 Å². The summed E-state index contributed by atoms with van der Waals surface area (Å²) in [5, 5.41) is 0.